The van der Waals surface area contributed by atoms with Gasteiger partial charge in [-0.2, -0.15) is 0 Å². The predicted octanol–water partition coefficient (Wildman–Crippen LogP) is 2.75. The van der Waals surface area contributed by atoms with Crippen molar-refractivity contribution < 1.29 is 27.4 Å². The minimum absolute atomic E-state index is 0.249. The first-order valence-corrected chi connectivity index (χ1v) is 4.99. The molecule has 1 aromatic carbocycles. The SMILES string of the molecule is CC1(COc2ccc(OC(F)(F)F)cc2)CO1. The van der Waals surface area contributed by atoms with Crippen molar-refractivity contribution in [1.82, 2.24) is 0 Å². The first-order chi connectivity index (χ1) is 7.86. The Bertz CT molecular complexity index is 382. The van der Waals surface area contributed by atoms with E-state index in [-0.39, 0.29) is 11.4 Å². The van der Waals surface area contributed by atoms with Crippen LogP contribution in [-0.4, -0.2) is 25.2 Å². The molecule has 0 spiro atoms. The summed E-state index contributed by atoms with van der Waals surface area (Å²) < 4.78 is 49.9. The number of alkyl halides is 3. The van der Waals surface area contributed by atoms with Gasteiger partial charge in [0.05, 0.1) is 6.61 Å². The molecule has 17 heavy (non-hydrogen) atoms. The van der Waals surface area contributed by atoms with Gasteiger partial charge in [0.25, 0.3) is 0 Å². The first kappa shape index (κ1) is 12.0. The zero-order chi connectivity index (χ0) is 12.5. The van der Waals surface area contributed by atoms with E-state index in [4.69, 9.17) is 9.47 Å². The molecule has 0 aromatic heterocycles. The van der Waals surface area contributed by atoms with Gasteiger partial charge in [0.1, 0.15) is 23.7 Å². The second kappa shape index (κ2) is 4.10. The molecule has 0 saturated carbocycles. The van der Waals surface area contributed by atoms with Crippen LogP contribution in [0.25, 0.3) is 0 Å². The largest absolute Gasteiger partial charge is 0.573 e. The Morgan fingerprint density at radius 3 is 2.24 bits per heavy atom. The second-order valence-electron chi connectivity index (χ2n) is 4.05. The van der Waals surface area contributed by atoms with E-state index in [1.165, 1.54) is 24.3 Å². The van der Waals surface area contributed by atoms with Crippen molar-refractivity contribution in [3.63, 3.8) is 0 Å². The Hall–Kier alpha value is -1.43. The van der Waals surface area contributed by atoms with Crippen LogP contribution >= 0.6 is 0 Å². The minimum Gasteiger partial charge on any atom is -0.490 e. The third-order valence-corrected chi connectivity index (χ3v) is 2.24. The summed E-state index contributed by atoms with van der Waals surface area (Å²) in [7, 11) is 0. The summed E-state index contributed by atoms with van der Waals surface area (Å²) in [5, 5.41) is 0. The van der Waals surface area contributed by atoms with Gasteiger partial charge in [-0.1, -0.05) is 0 Å². The summed E-state index contributed by atoms with van der Waals surface area (Å²) in [6.45, 7) is 2.92. The monoisotopic (exact) mass is 248 g/mol. The van der Waals surface area contributed by atoms with Gasteiger partial charge in [-0.15, -0.1) is 13.2 Å². The molecule has 0 amide bonds. The molecule has 0 N–H and O–H groups in total. The van der Waals surface area contributed by atoms with Crippen LogP contribution in [0.3, 0.4) is 0 Å². The maximum Gasteiger partial charge on any atom is 0.573 e. The number of halogens is 3. The number of benzene rings is 1. The second-order valence-corrected chi connectivity index (χ2v) is 4.05. The molecule has 6 heteroatoms. The molecule has 1 unspecified atom stereocenters. The quantitative estimate of drug-likeness (QED) is 0.768. The molecule has 0 bridgehead atoms. The van der Waals surface area contributed by atoms with Gasteiger partial charge in [-0.25, -0.2) is 0 Å². The first-order valence-electron chi connectivity index (χ1n) is 4.99. The summed E-state index contributed by atoms with van der Waals surface area (Å²) in [5.74, 6) is 0.218. The van der Waals surface area contributed by atoms with Gasteiger partial charge in [-0.05, 0) is 31.2 Å². The van der Waals surface area contributed by atoms with E-state index >= 15 is 0 Å². The van der Waals surface area contributed by atoms with Crippen LogP contribution in [0.5, 0.6) is 11.5 Å². The molecule has 1 aliphatic heterocycles. The van der Waals surface area contributed by atoms with E-state index in [9.17, 15) is 13.2 Å². The van der Waals surface area contributed by atoms with Gasteiger partial charge in [0.15, 0.2) is 0 Å². The molecule has 1 aromatic rings. The van der Waals surface area contributed by atoms with E-state index < -0.39 is 6.36 Å². The molecule has 1 fully saturated rings. The molecule has 1 aliphatic rings. The summed E-state index contributed by atoms with van der Waals surface area (Å²) in [5.41, 5.74) is -0.249. The molecular formula is C11H11F3O3. The van der Waals surface area contributed by atoms with E-state index in [0.717, 1.165) is 0 Å². The van der Waals surface area contributed by atoms with Crippen molar-refractivity contribution in [3.05, 3.63) is 24.3 Å². The number of hydrogen-bond acceptors (Lipinski definition) is 3. The highest BCUT2D eigenvalue weighted by Crippen LogP contribution is 2.28. The van der Waals surface area contributed by atoms with Crippen LogP contribution in [0, 0.1) is 0 Å². The summed E-state index contributed by atoms with van der Waals surface area (Å²) in [6, 6.07) is 5.26. The van der Waals surface area contributed by atoms with E-state index in [1.54, 1.807) is 0 Å². The highest BCUT2D eigenvalue weighted by molar-refractivity contribution is 5.31. The van der Waals surface area contributed by atoms with Crippen LogP contribution < -0.4 is 9.47 Å². The Labute approximate surface area is 96.1 Å². The van der Waals surface area contributed by atoms with Crippen LogP contribution in [0.15, 0.2) is 24.3 Å². The molecular weight excluding hydrogens is 237 g/mol. The van der Waals surface area contributed by atoms with E-state index in [0.29, 0.717) is 19.0 Å². The minimum atomic E-state index is -4.67. The predicted molar refractivity (Wildman–Crippen MR) is 53.0 cm³/mol. The molecule has 94 valence electrons. The highest BCUT2D eigenvalue weighted by atomic mass is 19.4. The Kier molecular flexibility index (Phi) is 2.91. The van der Waals surface area contributed by atoms with E-state index in [2.05, 4.69) is 4.74 Å². The number of rotatable bonds is 4. The van der Waals surface area contributed by atoms with Gasteiger partial charge < -0.3 is 14.2 Å². The van der Waals surface area contributed by atoms with Gasteiger partial charge in [-0.3, -0.25) is 0 Å². The Morgan fingerprint density at radius 2 is 1.76 bits per heavy atom. The molecule has 1 saturated heterocycles. The van der Waals surface area contributed by atoms with Crippen molar-refractivity contribution in [2.75, 3.05) is 13.2 Å². The molecule has 1 atom stereocenters. The summed E-state index contributed by atoms with van der Waals surface area (Å²) in [6.07, 6.45) is -4.67. The maximum atomic E-state index is 11.9. The average molecular weight is 248 g/mol. The fourth-order valence-corrected chi connectivity index (χ4v) is 1.18. The third kappa shape index (κ3) is 3.81. The summed E-state index contributed by atoms with van der Waals surface area (Å²) >= 11 is 0. The number of hydrogen-bond donors (Lipinski definition) is 0. The zero-order valence-electron chi connectivity index (χ0n) is 9.08. The van der Waals surface area contributed by atoms with Crippen LogP contribution in [0.4, 0.5) is 13.2 Å². The maximum absolute atomic E-state index is 11.9. The third-order valence-electron chi connectivity index (χ3n) is 2.24. The van der Waals surface area contributed by atoms with E-state index in [1.807, 2.05) is 6.92 Å². The van der Waals surface area contributed by atoms with Crippen LogP contribution in [0.1, 0.15) is 6.92 Å². The van der Waals surface area contributed by atoms with Crippen molar-refractivity contribution in [1.29, 1.82) is 0 Å². The number of ether oxygens (including phenoxy) is 3. The van der Waals surface area contributed by atoms with Gasteiger partial charge in [0, 0.05) is 0 Å². The Morgan fingerprint density at radius 1 is 1.24 bits per heavy atom. The highest BCUT2D eigenvalue weighted by Gasteiger charge is 2.40. The van der Waals surface area contributed by atoms with Crippen LogP contribution in [0.2, 0.25) is 0 Å². The molecule has 0 radical (unpaired) electrons. The Balaban J connectivity index is 1.89. The zero-order valence-corrected chi connectivity index (χ0v) is 9.08. The topological polar surface area (TPSA) is 31.0 Å². The van der Waals surface area contributed by atoms with Crippen molar-refractivity contribution in [2.24, 2.45) is 0 Å². The fourth-order valence-electron chi connectivity index (χ4n) is 1.18. The smallest absolute Gasteiger partial charge is 0.490 e. The lowest BCUT2D eigenvalue weighted by molar-refractivity contribution is -0.274. The lowest BCUT2D eigenvalue weighted by Crippen LogP contribution is -2.17. The van der Waals surface area contributed by atoms with Gasteiger partial charge in [0.2, 0.25) is 0 Å². The average Bonchev–Trinajstić information content (AvgIpc) is 2.94. The van der Waals surface area contributed by atoms with Gasteiger partial charge >= 0.3 is 6.36 Å². The molecule has 1 heterocycles. The van der Waals surface area contributed by atoms with Crippen LogP contribution in [-0.2, 0) is 4.74 Å². The molecule has 3 nitrogen and oxygen atoms in total. The lowest BCUT2D eigenvalue weighted by atomic mass is 10.2. The van der Waals surface area contributed by atoms with Crippen molar-refractivity contribution in [2.45, 2.75) is 18.9 Å². The standard InChI is InChI=1S/C11H11F3O3/c1-10(7-16-10)6-15-8-2-4-9(5-3-8)17-11(12,13)14/h2-5H,6-7H2,1H3. The number of epoxide rings is 1. The fraction of sp³-hybridized carbons (Fsp3) is 0.455. The molecule has 0 aliphatic carbocycles. The summed E-state index contributed by atoms with van der Waals surface area (Å²) in [4.78, 5) is 0. The van der Waals surface area contributed by atoms with Crippen molar-refractivity contribution >= 4 is 0 Å². The molecule has 2 rings (SSSR count). The normalized spacial score (nSPS) is 23.3. The van der Waals surface area contributed by atoms with Crippen molar-refractivity contribution in [3.8, 4) is 11.5 Å². The lowest BCUT2D eigenvalue weighted by Gasteiger charge is -2.11.